The van der Waals surface area contributed by atoms with Crippen LogP contribution in [0.5, 0.6) is 0 Å². The Morgan fingerprint density at radius 2 is 1.69 bits per heavy atom. The number of benzene rings is 1. The van der Waals surface area contributed by atoms with Crippen molar-refractivity contribution in [3.05, 3.63) is 57.8 Å². The van der Waals surface area contributed by atoms with E-state index in [0.29, 0.717) is 34.4 Å². The van der Waals surface area contributed by atoms with E-state index in [1.807, 2.05) is 13.8 Å². The van der Waals surface area contributed by atoms with Gasteiger partial charge in [-0.05, 0) is 37.1 Å². The number of amides is 2. The van der Waals surface area contributed by atoms with E-state index in [1.165, 1.54) is 12.3 Å². The maximum Gasteiger partial charge on any atom is 0.272 e. The van der Waals surface area contributed by atoms with Gasteiger partial charge in [-0.3, -0.25) is 14.6 Å². The number of carbonyl (C=O) groups is 2. The molecule has 0 saturated heterocycles. The molecule has 0 saturated carbocycles. The third-order valence-corrected chi connectivity index (χ3v) is 4.35. The molecule has 138 valence electrons. The van der Waals surface area contributed by atoms with Crippen molar-refractivity contribution in [2.24, 2.45) is 0 Å². The van der Waals surface area contributed by atoms with Crippen molar-refractivity contribution in [1.29, 1.82) is 0 Å². The minimum atomic E-state index is -0.408. The van der Waals surface area contributed by atoms with Crippen molar-refractivity contribution < 1.29 is 9.59 Å². The van der Waals surface area contributed by atoms with E-state index in [0.717, 1.165) is 12.8 Å². The lowest BCUT2D eigenvalue weighted by Gasteiger charge is -2.21. The van der Waals surface area contributed by atoms with Crippen LogP contribution in [0.2, 0.25) is 10.0 Å². The van der Waals surface area contributed by atoms with E-state index in [-0.39, 0.29) is 11.6 Å². The smallest absolute Gasteiger partial charge is 0.272 e. The molecule has 0 atom stereocenters. The predicted molar refractivity (Wildman–Crippen MR) is 105 cm³/mol. The van der Waals surface area contributed by atoms with Crippen LogP contribution < -0.4 is 5.32 Å². The third-order valence-electron chi connectivity index (χ3n) is 3.72. The molecule has 7 heteroatoms. The molecule has 1 N–H and O–H groups in total. The van der Waals surface area contributed by atoms with Gasteiger partial charge in [-0.1, -0.05) is 43.1 Å². The summed E-state index contributed by atoms with van der Waals surface area (Å²) in [4.78, 5) is 31.1. The molecule has 26 heavy (non-hydrogen) atoms. The number of hydrogen-bond acceptors (Lipinski definition) is 3. The molecular formula is C19H21Cl2N3O2. The first-order chi connectivity index (χ1) is 12.5. The number of pyridine rings is 1. The second kappa shape index (κ2) is 9.55. The monoisotopic (exact) mass is 393 g/mol. The highest BCUT2D eigenvalue weighted by atomic mass is 35.5. The number of nitrogens with zero attached hydrogens (tertiary/aromatic N) is 2. The van der Waals surface area contributed by atoms with Crippen molar-refractivity contribution in [2.45, 2.75) is 26.7 Å². The Balaban J connectivity index is 2.22. The maximum atomic E-state index is 12.7. The van der Waals surface area contributed by atoms with Crippen molar-refractivity contribution in [3.63, 3.8) is 0 Å². The summed E-state index contributed by atoms with van der Waals surface area (Å²) in [5, 5.41) is 3.37. The van der Waals surface area contributed by atoms with Crippen LogP contribution in [-0.2, 0) is 0 Å². The summed E-state index contributed by atoms with van der Waals surface area (Å²) in [6.45, 7) is 5.33. The van der Waals surface area contributed by atoms with E-state index in [9.17, 15) is 9.59 Å². The molecule has 0 spiro atoms. The van der Waals surface area contributed by atoms with Crippen molar-refractivity contribution in [2.75, 3.05) is 18.4 Å². The molecule has 2 aromatic rings. The Morgan fingerprint density at radius 1 is 1.08 bits per heavy atom. The van der Waals surface area contributed by atoms with Crippen LogP contribution in [0.15, 0.2) is 36.5 Å². The van der Waals surface area contributed by atoms with Gasteiger partial charge < -0.3 is 10.2 Å². The summed E-state index contributed by atoms with van der Waals surface area (Å²) >= 11 is 12.2. The summed E-state index contributed by atoms with van der Waals surface area (Å²) in [6, 6.07) is 8.00. The first-order valence-corrected chi connectivity index (χ1v) is 9.24. The molecule has 0 fully saturated rings. The van der Waals surface area contributed by atoms with Crippen LogP contribution in [0.1, 0.15) is 47.5 Å². The second-order valence-electron chi connectivity index (χ2n) is 5.77. The van der Waals surface area contributed by atoms with Gasteiger partial charge in [0.05, 0.1) is 15.7 Å². The predicted octanol–water partition coefficient (Wildman–Crippen LogP) is 4.90. The van der Waals surface area contributed by atoms with Gasteiger partial charge in [-0.15, -0.1) is 0 Å². The SMILES string of the molecule is CCCN(CCC)C(=O)c1cc(C(=O)Nc2c(Cl)cccc2Cl)ccn1. The standard InChI is InChI=1S/C19H21Cl2N3O2/c1-3-10-24(11-4-2)19(26)16-12-13(8-9-22-16)18(25)23-17-14(20)6-5-7-15(17)21/h5-9,12H,3-4,10-11H2,1-2H3,(H,23,25). The molecular weight excluding hydrogens is 373 g/mol. The number of carbonyl (C=O) groups excluding carboxylic acids is 2. The van der Waals surface area contributed by atoms with Crippen LogP contribution in [0.4, 0.5) is 5.69 Å². The fraction of sp³-hybridized carbons (Fsp3) is 0.316. The van der Waals surface area contributed by atoms with Gasteiger partial charge >= 0.3 is 0 Å². The van der Waals surface area contributed by atoms with Crippen LogP contribution in [0.3, 0.4) is 0 Å². The zero-order valence-corrected chi connectivity index (χ0v) is 16.3. The van der Waals surface area contributed by atoms with Crippen LogP contribution in [-0.4, -0.2) is 34.8 Å². The fourth-order valence-electron chi connectivity index (χ4n) is 2.51. The Hall–Kier alpha value is -2.11. The lowest BCUT2D eigenvalue weighted by atomic mass is 10.2. The average Bonchev–Trinajstić information content (AvgIpc) is 2.64. The molecule has 0 aliphatic rings. The molecule has 0 aliphatic heterocycles. The van der Waals surface area contributed by atoms with Gasteiger partial charge in [0.25, 0.3) is 11.8 Å². The third kappa shape index (κ3) is 4.96. The highest BCUT2D eigenvalue weighted by Crippen LogP contribution is 2.30. The van der Waals surface area contributed by atoms with Gasteiger partial charge in [0.1, 0.15) is 5.69 Å². The van der Waals surface area contributed by atoms with E-state index in [2.05, 4.69) is 10.3 Å². The maximum absolute atomic E-state index is 12.7. The molecule has 0 aliphatic carbocycles. The molecule has 5 nitrogen and oxygen atoms in total. The van der Waals surface area contributed by atoms with Crippen LogP contribution in [0, 0.1) is 0 Å². The topological polar surface area (TPSA) is 62.3 Å². The summed E-state index contributed by atoms with van der Waals surface area (Å²) in [5.74, 6) is -0.590. The number of rotatable bonds is 7. The Labute approximate surface area is 163 Å². The zero-order chi connectivity index (χ0) is 19.1. The summed E-state index contributed by atoms with van der Waals surface area (Å²) in [6.07, 6.45) is 3.17. The number of para-hydroxylation sites is 1. The van der Waals surface area contributed by atoms with E-state index < -0.39 is 5.91 Å². The van der Waals surface area contributed by atoms with Gasteiger partial charge in [-0.25, -0.2) is 0 Å². The van der Waals surface area contributed by atoms with Crippen molar-refractivity contribution in [1.82, 2.24) is 9.88 Å². The fourth-order valence-corrected chi connectivity index (χ4v) is 3.00. The van der Waals surface area contributed by atoms with E-state index >= 15 is 0 Å². The molecule has 0 bridgehead atoms. The van der Waals surface area contributed by atoms with Gasteiger partial charge in [0.15, 0.2) is 0 Å². The second-order valence-corrected chi connectivity index (χ2v) is 6.59. The molecule has 1 aromatic carbocycles. The molecule has 2 rings (SSSR count). The highest BCUT2D eigenvalue weighted by Gasteiger charge is 2.18. The largest absolute Gasteiger partial charge is 0.337 e. The average molecular weight is 394 g/mol. The quantitative estimate of drug-likeness (QED) is 0.726. The lowest BCUT2D eigenvalue weighted by Crippen LogP contribution is -2.33. The van der Waals surface area contributed by atoms with Crippen molar-refractivity contribution in [3.8, 4) is 0 Å². The number of anilines is 1. The number of nitrogens with one attached hydrogen (secondary N) is 1. The molecule has 1 heterocycles. The molecule has 1 aromatic heterocycles. The number of hydrogen-bond donors (Lipinski definition) is 1. The number of halogens is 2. The van der Waals surface area contributed by atoms with Crippen LogP contribution in [0.25, 0.3) is 0 Å². The molecule has 0 unspecified atom stereocenters. The van der Waals surface area contributed by atoms with Crippen molar-refractivity contribution >= 4 is 40.7 Å². The summed E-state index contributed by atoms with van der Waals surface area (Å²) < 4.78 is 0. The van der Waals surface area contributed by atoms with E-state index in [1.54, 1.807) is 29.2 Å². The Kier molecular flexibility index (Phi) is 7.42. The summed E-state index contributed by atoms with van der Waals surface area (Å²) in [7, 11) is 0. The molecule has 2 amide bonds. The van der Waals surface area contributed by atoms with Gasteiger partial charge in [0, 0.05) is 24.8 Å². The first-order valence-electron chi connectivity index (χ1n) is 8.48. The summed E-state index contributed by atoms with van der Waals surface area (Å²) in [5.41, 5.74) is 0.890. The number of aromatic nitrogens is 1. The molecule has 0 radical (unpaired) electrons. The van der Waals surface area contributed by atoms with Crippen LogP contribution >= 0.6 is 23.2 Å². The van der Waals surface area contributed by atoms with E-state index in [4.69, 9.17) is 23.2 Å². The lowest BCUT2D eigenvalue weighted by molar-refractivity contribution is 0.0749. The zero-order valence-electron chi connectivity index (χ0n) is 14.8. The Morgan fingerprint density at radius 3 is 2.27 bits per heavy atom. The Bertz CT molecular complexity index is 770. The van der Waals surface area contributed by atoms with Gasteiger partial charge in [-0.2, -0.15) is 0 Å². The highest BCUT2D eigenvalue weighted by molar-refractivity contribution is 6.40. The minimum Gasteiger partial charge on any atom is -0.337 e. The minimum absolute atomic E-state index is 0.181. The first kappa shape index (κ1) is 20.2. The normalized spacial score (nSPS) is 10.5. The van der Waals surface area contributed by atoms with Gasteiger partial charge in [0.2, 0.25) is 0 Å².